The first-order chi connectivity index (χ1) is 8.70. The van der Waals surface area contributed by atoms with E-state index >= 15 is 0 Å². The van der Waals surface area contributed by atoms with Gasteiger partial charge >= 0.3 is 5.92 Å². The second-order valence-corrected chi connectivity index (χ2v) is 5.47. The summed E-state index contributed by atoms with van der Waals surface area (Å²) in [6.45, 7) is 4.17. The van der Waals surface area contributed by atoms with Gasteiger partial charge in [0.25, 0.3) is 5.91 Å². The van der Waals surface area contributed by atoms with Crippen LogP contribution in [0.3, 0.4) is 0 Å². The highest BCUT2D eigenvalue weighted by Gasteiger charge is 2.43. The van der Waals surface area contributed by atoms with Crippen molar-refractivity contribution in [3.05, 3.63) is 35.9 Å². The lowest BCUT2D eigenvalue weighted by Crippen LogP contribution is -2.45. The third-order valence-electron chi connectivity index (χ3n) is 2.97. The van der Waals surface area contributed by atoms with Crippen LogP contribution in [-0.2, 0) is 10.7 Å². The average molecular weight is 307 g/mol. The number of likely N-dealkylation sites (N-methyl/N-ethyl adjacent to an activating group) is 1. The first kappa shape index (κ1) is 18.8. The van der Waals surface area contributed by atoms with Crippen molar-refractivity contribution in [2.75, 3.05) is 20.1 Å². The van der Waals surface area contributed by atoms with Crippen LogP contribution in [0.5, 0.6) is 0 Å². The molecular formula is C14H21ClF2N2O. The zero-order chi connectivity index (χ0) is 14.7. The molecule has 0 aliphatic rings. The summed E-state index contributed by atoms with van der Waals surface area (Å²) in [5, 5.41) is 0. The zero-order valence-corrected chi connectivity index (χ0v) is 12.7. The number of carbonyl (C=O) groups excluding carboxylic acids is 1. The molecule has 3 nitrogen and oxygen atoms in total. The van der Waals surface area contributed by atoms with Gasteiger partial charge in [0.15, 0.2) is 0 Å². The van der Waals surface area contributed by atoms with E-state index in [0.717, 1.165) is 4.90 Å². The SMILES string of the molecule is CN(CC(C)(C)CN)C(=O)C(F)(F)c1ccccc1.Cl. The molecule has 1 rings (SSSR count). The van der Waals surface area contributed by atoms with Gasteiger partial charge in [-0.3, -0.25) is 4.79 Å². The summed E-state index contributed by atoms with van der Waals surface area (Å²) in [5.41, 5.74) is 4.86. The van der Waals surface area contributed by atoms with E-state index in [1.165, 1.54) is 31.3 Å². The molecular weight excluding hydrogens is 286 g/mol. The first-order valence-electron chi connectivity index (χ1n) is 6.10. The van der Waals surface area contributed by atoms with Crippen molar-refractivity contribution < 1.29 is 13.6 Å². The van der Waals surface area contributed by atoms with Gasteiger partial charge in [0, 0.05) is 19.2 Å². The standard InChI is InChI=1S/C14H20F2N2O.ClH/c1-13(2,9-17)10-18(3)12(19)14(15,16)11-7-5-4-6-8-11;/h4-8H,9-10,17H2,1-3H3;1H. The maximum Gasteiger partial charge on any atom is 0.349 e. The van der Waals surface area contributed by atoms with Gasteiger partial charge in [-0.2, -0.15) is 8.78 Å². The van der Waals surface area contributed by atoms with E-state index in [2.05, 4.69) is 0 Å². The number of hydrogen-bond acceptors (Lipinski definition) is 2. The Morgan fingerprint density at radius 2 is 1.75 bits per heavy atom. The molecule has 0 fully saturated rings. The highest BCUT2D eigenvalue weighted by atomic mass is 35.5. The van der Waals surface area contributed by atoms with Crippen molar-refractivity contribution in [2.24, 2.45) is 11.1 Å². The van der Waals surface area contributed by atoms with E-state index in [-0.39, 0.29) is 24.5 Å². The van der Waals surface area contributed by atoms with Gasteiger partial charge in [-0.1, -0.05) is 44.2 Å². The van der Waals surface area contributed by atoms with Gasteiger partial charge in [-0.25, -0.2) is 0 Å². The summed E-state index contributed by atoms with van der Waals surface area (Å²) in [6.07, 6.45) is 0. The molecule has 114 valence electrons. The molecule has 0 aliphatic heterocycles. The average Bonchev–Trinajstić information content (AvgIpc) is 2.38. The highest BCUT2D eigenvalue weighted by molar-refractivity contribution is 5.85. The van der Waals surface area contributed by atoms with Crippen LogP contribution < -0.4 is 5.73 Å². The number of alkyl halides is 2. The minimum atomic E-state index is -3.51. The second kappa shape index (κ2) is 6.99. The number of rotatable bonds is 5. The Morgan fingerprint density at radius 3 is 2.20 bits per heavy atom. The fraction of sp³-hybridized carbons (Fsp3) is 0.500. The molecule has 1 aromatic carbocycles. The molecule has 0 radical (unpaired) electrons. The van der Waals surface area contributed by atoms with Crippen molar-refractivity contribution in [3.63, 3.8) is 0 Å². The van der Waals surface area contributed by atoms with Crippen LogP contribution in [0, 0.1) is 5.41 Å². The highest BCUT2D eigenvalue weighted by Crippen LogP contribution is 2.30. The largest absolute Gasteiger partial charge is 0.349 e. The molecule has 0 saturated heterocycles. The van der Waals surface area contributed by atoms with Crippen LogP contribution in [0.15, 0.2) is 30.3 Å². The molecule has 0 atom stereocenters. The maximum absolute atomic E-state index is 14.1. The Kier molecular flexibility index (Phi) is 6.58. The van der Waals surface area contributed by atoms with Gasteiger partial charge in [0.05, 0.1) is 0 Å². The summed E-state index contributed by atoms with van der Waals surface area (Å²) in [4.78, 5) is 12.9. The zero-order valence-electron chi connectivity index (χ0n) is 11.9. The van der Waals surface area contributed by atoms with Crippen LogP contribution in [0.25, 0.3) is 0 Å². The van der Waals surface area contributed by atoms with Crippen LogP contribution in [0.4, 0.5) is 8.78 Å². The number of benzene rings is 1. The number of amides is 1. The van der Waals surface area contributed by atoms with E-state index < -0.39 is 17.2 Å². The van der Waals surface area contributed by atoms with E-state index in [4.69, 9.17) is 5.73 Å². The van der Waals surface area contributed by atoms with Crippen molar-refractivity contribution >= 4 is 18.3 Å². The molecule has 6 heteroatoms. The van der Waals surface area contributed by atoms with E-state index in [1.54, 1.807) is 6.07 Å². The van der Waals surface area contributed by atoms with Crippen LogP contribution in [0.2, 0.25) is 0 Å². The quantitative estimate of drug-likeness (QED) is 0.909. The van der Waals surface area contributed by atoms with E-state index in [0.29, 0.717) is 6.54 Å². The normalized spacial score (nSPS) is 11.7. The Bertz CT molecular complexity index is 438. The molecule has 0 bridgehead atoms. The number of carbonyl (C=O) groups is 1. The van der Waals surface area contributed by atoms with Crippen molar-refractivity contribution in [1.82, 2.24) is 4.90 Å². The molecule has 0 spiro atoms. The molecule has 1 aromatic rings. The van der Waals surface area contributed by atoms with Crippen molar-refractivity contribution in [3.8, 4) is 0 Å². The molecule has 0 heterocycles. The Morgan fingerprint density at radius 1 is 1.25 bits per heavy atom. The molecule has 20 heavy (non-hydrogen) atoms. The number of halogens is 3. The van der Waals surface area contributed by atoms with Gasteiger partial charge in [-0.05, 0) is 12.0 Å². The number of nitrogens with two attached hydrogens (primary N) is 1. The van der Waals surface area contributed by atoms with Gasteiger partial charge in [-0.15, -0.1) is 12.4 Å². The van der Waals surface area contributed by atoms with Crippen LogP contribution in [0.1, 0.15) is 19.4 Å². The summed E-state index contributed by atoms with van der Waals surface area (Å²) >= 11 is 0. The predicted octanol–water partition coefficient (Wildman–Crippen LogP) is 2.64. The fourth-order valence-electron chi connectivity index (χ4n) is 1.79. The summed E-state index contributed by atoms with van der Waals surface area (Å²) in [6, 6.07) is 7.10. The Labute approximate surface area is 124 Å². The summed E-state index contributed by atoms with van der Waals surface area (Å²) < 4.78 is 28.1. The summed E-state index contributed by atoms with van der Waals surface area (Å²) in [5.74, 6) is -4.72. The van der Waals surface area contributed by atoms with Crippen LogP contribution >= 0.6 is 12.4 Å². The lowest BCUT2D eigenvalue weighted by Gasteiger charge is -2.31. The predicted molar refractivity (Wildman–Crippen MR) is 78.1 cm³/mol. The fourth-order valence-corrected chi connectivity index (χ4v) is 1.79. The molecule has 0 aliphatic carbocycles. The molecule has 0 aromatic heterocycles. The lowest BCUT2D eigenvalue weighted by molar-refractivity contribution is -0.158. The third kappa shape index (κ3) is 4.42. The second-order valence-electron chi connectivity index (χ2n) is 5.47. The van der Waals surface area contributed by atoms with Crippen LogP contribution in [-0.4, -0.2) is 30.9 Å². The van der Waals surface area contributed by atoms with E-state index in [1.807, 2.05) is 13.8 Å². The van der Waals surface area contributed by atoms with E-state index in [9.17, 15) is 13.6 Å². The summed E-state index contributed by atoms with van der Waals surface area (Å²) in [7, 11) is 1.37. The number of hydrogen-bond donors (Lipinski definition) is 1. The van der Waals surface area contributed by atoms with Gasteiger partial charge in [0.1, 0.15) is 0 Å². The van der Waals surface area contributed by atoms with Gasteiger partial charge in [0.2, 0.25) is 0 Å². The topological polar surface area (TPSA) is 46.3 Å². The Hall–Kier alpha value is -1.20. The minimum absolute atomic E-state index is 0. The van der Waals surface area contributed by atoms with Crippen molar-refractivity contribution in [1.29, 1.82) is 0 Å². The monoisotopic (exact) mass is 306 g/mol. The minimum Gasteiger partial charge on any atom is -0.340 e. The molecule has 0 saturated carbocycles. The lowest BCUT2D eigenvalue weighted by atomic mass is 9.93. The first-order valence-corrected chi connectivity index (χ1v) is 6.10. The smallest absolute Gasteiger partial charge is 0.340 e. The molecule has 2 N–H and O–H groups in total. The van der Waals surface area contributed by atoms with Gasteiger partial charge < -0.3 is 10.6 Å². The molecule has 1 amide bonds. The Balaban J connectivity index is 0.00000361. The molecule has 0 unspecified atom stereocenters. The number of nitrogens with zero attached hydrogens (tertiary/aromatic N) is 1. The maximum atomic E-state index is 14.1. The third-order valence-corrected chi connectivity index (χ3v) is 2.97. The van der Waals surface area contributed by atoms with Crippen molar-refractivity contribution in [2.45, 2.75) is 19.8 Å².